The number of hydrogen-bond acceptors (Lipinski definition) is 4. The van der Waals surface area contributed by atoms with Crippen LogP contribution in [0.1, 0.15) is 34.1 Å². The fraction of sp³-hybridized carbons (Fsp3) is 0.391. The predicted molar refractivity (Wildman–Crippen MR) is 113 cm³/mol. The largest absolute Gasteiger partial charge is 0.491 e. The van der Waals surface area contributed by atoms with E-state index in [4.69, 9.17) is 9.47 Å². The summed E-state index contributed by atoms with van der Waals surface area (Å²) in [7, 11) is 0. The summed E-state index contributed by atoms with van der Waals surface area (Å²) >= 11 is 0. The number of hydrogen-bond donors (Lipinski definition) is 2. The van der Waals surface area contributed by atoms with Crippen LogP contribution in [0.5, 0.6) is 11.5 Å². The van der Waals surface area contributed by atoms with Crippen LogP contribution >= 0.6 is 0 Å². The Morgan fingerprint density at radius 3 is 1.38 bits per heavy atom. The van der Waals surface area contributed by atoms with Gasteiger partial charge < -0.3 is 20.1 Å². The van der Waals surface area contributed by atoms with Gasteiger partial charge in [0.25, 0.3) is 0 Å². The lowest BCUT2D eigenvalue weighted by Crippen LogP contribution is -2.20. The van der Waals surface area contributed by atoms with Crippen LogP contribution in [0, 0.1) is 11.8 Å². The Kier molecular flexibility index (Phi) is 6.42. The van der Waals surface area contributed by atoms with Crippen LogP contribution in [-0.2, 0) is 9.59 Å². The van der Waals surface area contributed by atoms with Gasteiger partial charge in [0.2, 0.25) is 11.8 Å². The van der Waals surface area contributed by atoms with Crippen LogP contribution in [-0.4, -0.2) is 24.0 Å². The summed E-state index contributed by atoms with van der Waals surface area (Å²) in [6.07, 6.45) is 0.751. The Morgan fingerprint density at radius 1 is 0.724 bits per heavy atom. The number of amides is 2. The molecule has 1 saturated carbocycles. The third-order valence-corrected chi connectivity index (χ3v) is 4.45. The van der Waals surface area contributed by atoms with Crippen molar-refractivity contribution in [3.63, 3.8) is 0 Å². The van der Waals surface area contributed by atoms with E-state index in [9.17, 15) is 9.59 Å². The second kappa shape index (κ2) is 8.99. The average molecular weight is 396 g/mol. The number of rotatable bonds is 8. The van der Waals surface area contributed by atoms with Crippen molar-refractivity contribution in [1.82, 2.24) is 0 Å². The monoisotopic (exact) mass is 396 g/mol. The predicted octanol–water partition coefficient (Wildman–Crippen LogP) is 4.47. The summed E-state index contributed by atoms with van der Waals surface area (Å²) in [6.45, 7) is 7.84. The van der Waals surface area contributed by atoms with E-state index in [0.717, 1.165) is 11.5 Å². The summed E-state index contributed by atoms with van der Waals surface area (Å²) in [5, 5.41) is 5.74. The highest BCUT2D eigenvalue weighted by Gasteiger charge is 2.48. The highest BCUT2D eigenvalue weighted by atomic mass is 16.5. The Morgan fingerprint density at radius 2 is 1.07 bits per heavy atom. The van der Waals surface area contributed by atoms with Crippen molar-refractivity contribution in [2.45, 2.75) is 46.3 Å². The summed E-state index contributed by atoms with van der Waals surface area (Å²) in [5.74, 6) is 0.639. The molecule has 6 heteroatoms. The maximum atomic E-state index is 12.4. The molecule has 0 radical (unpaired) electrons. The average Bonchev–Trinajstić information content (AvgIpc) is 3.45. The maximum Gasteiger partial charge on any atom is 0.228 e. The molecule has 2 amide bonds. The van der Waals surface area contributed by atoms with E-state index in [0.29, 0.717) is 17.8 Å². The minimum atomic E-state index is -0.301. The third-order valence-electron chi connectivity index (χ3n) is 4.45. The van der Waals surface area contributed by atoms with Gasteiger partial charge in [-0.1, -0.05) is 0 Å². The number of nitrogens with one attached hydrogen (secondary N) is 2. The lowest BCUT2D eigenvalue weighted by Gasteiger charge is -2.11. The first kappa shape index (κ1) is 20.7. The molecule has 1 fully saturated rings. The molecule has 0 aromatic heterocycles. The molecule has 1 aliphatic carbocycles. The van der Waals surface area contributed by atoms with Gasteiger partial charge in [-0.2, -0.15) is 0 Å². The Balaban J connectivity index is 1.48. The first-order valence-corrected chi connectivity index (χ1v) is 9.97. The molecule has 2 N–H and O–H groups in total. The van der Waals surface area contributed by atoms with Crippen molar-refractivity contribution in [1.29, 1.82) is 0 Å². The van der Waals surface area contributed by atoms with Gasteiger partial charge in [-0.05, 0) is 82.6 Å². The molecule has 2 unspecified atom stereocenters. The van der Waals surface area contributed by atoms with E-state index >= 15 is 0 Å². The van der Waals surface area contributed by atoms with Crippen molar-refractivity contribution in [2.75, 3.05) is 10.6 Å². The van der Waals surface area contributed by atoms with Gasteiger partial charge in [0.1, 0.15) is 11.5 Å². The summed E-state index contributed by atoms with van der Waals surface area (Å²) in [4.78, 5) is 24.8. The molecule has 2 aromatic carbocycles. The molecule has 0 spiro atoms. The van der Waals surface area contributed by atoms with Gasteiger partial charge in [0, 0.05) is 11.4 Å². The zero-order chi connectivity index (χ0) is 21.0. The van der Waals surface area contributed by atoms with E-state index in [1.807, 2.05) is 52.0 Å². The number of ether oxygens (including phenoxy) is 2. The molecule has 154 valence electrons. The standard InChI is InChI=1S/C23H28N2O4/c1-14(2)28-18-9-5-16(6-10-18)24-22(26)20-13-21(20)23(27)25-17-7-11-19(12-8-17)29-15(3)4/h5-12,14-15,20-21H,13H2,1-4H3,(H,24,26)(H,25,27). The third kappa shape index (κ3) is 5.98. The first-order valence-electron chi connectivity index (χ1n) is 9.97. The highest BCUT2D eigenvalue weighted by molar-refractivity contribution is 6.03. The van der Waals surface area contributed by atoms with Crippen LogP contribution in [0.2, 0.25) is 0 Å². The SMILES string of the molecule is CC(C)Oc1ccc(NC(=O)C2CC2C(=O)Nc2ccc(OC(C)C)cc2)cc1. The summed E-state index contributed by atoms with van der Waals surface area (Å²) < 4.78 is 11.2. The van der Waals surface area contributed by atoms with Crippen LogP contribution < -0.4 is 20.1 Å². The van der Waals surface area contributed by atoms with E-state index < -0.39 is 0 Å². The van der Waals surface area contributed by atoms with Crippen molar-refractivity contribution < 1.29 is 19.1 Å². The second-order valence-corrected chi connectivity index (χ2v) is 7.81. The van der Waals surface area contributed by atoms with E-state index in [1.165, 1.54) is 0 Å². The van der Waals surface area contributed by atoms with Gasteiger partial charge >= 0.3 is 0 Å². The molecule has 3 rings (SSSR count). The molecule has 0 aliphatic heterocycles. The Bertz CT molecular complexity index is 773. The van der Waals surface area contributed by atoms with Crippen molar-refractivity contribution in [3.8, 4) is 11.5 Å². The molecule has 0 bridgehead atoms. The zero-order valence-electron chi connectivity index (χ0n) is 17.3. The van der Waals surface area contributed by atoms with Crippen molar-refractivity contribution in [2.24, 2.45) is 11.8 Å². The van der Waals surface area contributed by atoms with Crippen molar-refractivity contribution >= 4 is 23.2 Å². The minimum Gasteiger partial charge on any atom is -0.491 e. The van der Waals surface area contributed by atoms with Gasteiger partial charge in [-0.15, -0.1) is 0 Å². The molecular weight excluding hydrogens is 368 g/mol. The molecule has 0 heterocycles. The Hall–Kier alpha value is -3.02. The number of benzene rings is 2. The second-order valence-electron chi connectivity index (χ2n) is 7.81. The van der Waals surface area contributed by atoms with Gasteiger partial charge in [-0.3, -0.25) is 9.59 Å². The van der Waals surface area contributed by atoms with E-state index in [1.54, 1.807) is 24.3 Å². The van der Waals surface area contributed by atoms with Crippen molar-refractivity contribution in [3.05, 3.63) is 48.5 Å². The quantitative estimate of drug-likeness (QED) is 0.690. The summed E-state index contributed by atoms with van der Waals surface area (Å²) in [5.41, 5.74) is 1.39. The van der Waals surface area contributed by atoms with Crippen LogP contribution in [0.3, 0.4) is 0 Å². The normalized spacial score (nSPS) is 17.7. The maximum absolute atomic E-state index is 12.4. The fourth-order valence-corrected chi connectivity index (χ4v) is 3.02. The molecule has 1 aliphatic rings. The zero-order valence-corrected chi connectivity index (χ0v) is 17.3. The van der Waals surface area contributed by atoms with Gasteiger partial charge in [0.05, 0.1) is 24.0 Å². The fourth-order valence-electron chi connectivity index (χ4n) is 3.02. The molecule has 0 saturated heterocycles. The lowest BCUT2D eigenvalue weighted by atomic mass is 10.2. The summed E-state index contributed by atoms with van der Waals surface area (Å²) in [6, 6.07) is 14.5. The van der Waals surface area contributed by atoms with Gasteiger partial charge in [0.15, 0.2) is 0 Å². The number of anilines is 2. The van der Waals surface area contributed by atoms with Gasteiger partial charge in [-0.25, -0.2) is 0 Å². The number of carbonyl (C=O) groups excluding carboxylic acids is 2. The van der Waals surface area contributed by atoms with Crippen LogP contribution in [0.4, 0.5) is 11.4 Å². The smallest absolute Gasteiger partial charge is 0.228 e. The van der Waals surface area contributed by atoms with E-state index in [-0.39, 0.29) is 35.9 Å². The molecular formula is C23H28N2O4. The molecule has 6 nitrogen and oxygen atoms in total. The molecule has 2 aromatic rings. The number of carbonyl (C=O) groups is 2. The lowest BCUT2D eigenvalue weighted by molar-refractivity contribution is -0.122. The molecule has 2 atom stereocenters. The topological polar surface area (TPSA) is 76.7 Å². The van der Waals surface area contributed by atoms with E-state index in [2.05, 4.69) is 10.6 Å². The van der Waals surface area contributed by atoms with Crippen LogP contribution in [0.25, 0.3) is 0 Å². The highest BCUT2D eigenvalue weighted by Crippen LogP contribution is 2.40. The first-order chi connectivity index (χ1) is 13.8. The minimum absolute atomic E-state index is 0.0973. The van der Waals surface area contributed by atoms with Crippen LogP contribution in [0.15, 0.2) is 48.5 Å². The molecule has 29 heavy (non-hydrogen) atoms. The Labute approximate surface area is 171 Å².